The summed E-state index contributed by atoms with van der Waals surface area (Å²) in [5.74, 6) is 0.318. The van der Waals surface area contributed by atoms with Gasteiger partial charge in [-0.05, 0) is 0 Å². The molecule has 0 saturated heterocycles. The molecule has 1 atom stereocenters. The molecule has 0 aliphatic rings. The molecule has 0 aromatic carbocycles. The summed E-state index contributed by atoms with van der Waals surface area (Å²) in [6.07, 6.45) is 2.41. The second-order valence-electron chi connectivity index (χ2n) is 7.30. The van der Waals surface area contributed by atoms with Crippen molar-refractivity contribution < 1.29 is 9.59 Å². The molecule has 1 unspecified atom stereocenters. The fourth-order valence-electron chi connectivity index (χ4n) is 3.36. The van der Waals surface area contributed by atoms with E-state index in [1.54, 1.807) is 13.4 Å². The first-order chi connectivity index (χ1) is 11.2. The maximum absolute atomic E-state index is 12.4. The highest BCUT2D eigenvalue weighted by molar-refractivity contribution is 5.69. The standard InChI is InChI=1S/C16H28N5O3/c1-12(10-21(4,5)7-6-8-22)9-20-11-17-14-13(20)15(23)19(3)16(24)18(14)2/h11-12,22H,6-10H2,1-5H3/q+1. The SMILES string of the molecule is CC(Cn1cnc2c1c(=O)n(C)c(=O)n2C)C[N+](C)(C)CCCO. The Labute approximate surface area is 141 Å². The number of aliphatic hydroxyl groups excluding tert-OH is 1. The summed E-state index contributed by atoms with van der Waals surface area (Å²) in [6.45, 7) is 4.82. The zero-order chi connectivity index (χ0) is 18.1. The van der Waals surface area contributed by atoms with Crippen molar-refractivity contribution in [2.45, 2.75) is 19.9 Å². The Morgan fingerprint density at radius 2 is 1.92 bits per heavy atom. The van der Waals surface area contributed by atoms with Gasteiger partial charge in [-0.2, -0.15) is 0 Å². The highest BCUT2D eigenvalue weighted by Gasteiger charge is 2.21. The third-order valence-corrected chi connectivity index (χ3v) is 4.45. The number of aliphatic hydroxyl groups is 1. The first-order valence-corrected chi connectivity index (χ1v) is 8.21. The molecule has 0 bridgehead atoms. The van der Waals surface area contributed by atoms with Crippen LogP contribution in [0.15, 0.2) is 15.9 Å². The highest BCUT2D eigenvalue weighted by atomic mass is 16.3. The number of hydrogen-bond acceptors (Lipinski definition) is 4. The van der Waals surface area contributed by atoms with Crippen LogP contribution < -0.4 is 11.2 Å². The predicted molar refractivity (Wildman–Crippen MR) is 92.9 cm³/mol. The molecular formula is C16H28N5O3+. The minimum absolute atomic E-state index is 0.201. The Balaban J connectivity index is 2.28. The minimum atomic E-state index is -0.368. The molecule has 8 nitrogen and oxygen atoms in total. The molecule has 0 fully saturated rings. The van der Waals surface area contributed by atoms with E-state index < -0.39 is 0 Å². The van der Waals surface area contributed by atoms with E-state index in [0.717, 1.165) is 28.6 Å². The van der Waals surface area contributed by atoms with Crippen LogP contribution in [0, 0.1) is 5.92 Å². The van der Waals surface area contributed by atoms with Gasteiger partial charge in [-0.15, -0.1) is 0 Å². The topological polar surface area (TPSA) is 82.0 Å². The molecular weight excluding hydrogens is 310 g/mol. The fraction of sp³-hybridized carbons (Fsp3) is 0.688. The number of hydrogen-bond donors (Lipinski definition) is 1. The van der Waals surface area contributed by atoms with Crippen molar-refractivity contribution in [1.29, 1.82) is 0 Å². The molecule has 2 aromatic rings. The summed E-state index contributed by atoms with van der Waals surface area (Å²) in [5, 5.41) is 9.01. The molecule has 8 heteroatoms. The van der Waals surface area contributed by atoms with Gasteiger partial charge >= 0.3 is 5.69 Å². The van der Waals surface area contributed by atoms with Crippen LogP contribution in [-0.4, -0.2) is 62.1 Å². The summed E-state index contributed by atoms with van der Waals surface area (Å²) in [4.78, 5) is 28.7. The van der Waals surface area contributed by atoms with Crippen molar-refractivity contribution >= 4 is 11.2 Å². The Morgan fingerprint density at radius 3 is 2.54 bits per heavy atom. The lowest BCUT2D eigenvalue weighted by Crippen LogP contribution is -2.44. The second kappa shape index (κ2) is 6.90. The van der Waals surface area contributed by atoms with Gasteiger partial charge in [-0.25, -0.2) is 9.78 Å². The second-order valence-corrected chi connectivity index (χ2v) is 7.30. The molecule has 24 heavy (non-hydrogen) atoms. The Kier molecular flexibility index (Phi) is 5.29. The van der Waals surface area contributed by atoms with Gasteiger partial charge in [0.25, 0.3) is 5.56 Å². The number of quaternary nitrogens is 1. The number of rotatable bonds is 7. The van der Waals surface area contributed by atoms with E-state index >= 15 is 0 Å². The van der Waals surface area contributed by atoms with Gasteiger partial charge in [0.1, 0.15) is 0 Å². The monoisotopic (exact) mass is 338 g/mol. The smallest absolute Gasteiger partial charge is 0.332 e. The molecule has 0 amide bonds. The van der Waals surface area contributed by atoms with Crippen molar-refractivity contribution in [3.63, 3.8) is 0 Å². The van der Waals surface area contributed by atoms with E-state index in [9.17, 15) is 9.59 Å². The van der Waals surface area contributed by atoms with Crippen molar-refractivity contribution in [2.75, 3.05) is 33.8 Å². The summed E-state index contributed by atoms with van der Waals surface area (Å²) in [6, 6.07) is 0. The summed E-state index contributed by atoms with van der Waals surface area (Å²) in [7, 11) is 7.39. The first-order valence-electron chi connectivity index (χ1n) is 8.21. The van der Waals surface area contributed by atoms with Gasteiger partial charge in [-0.1, -0.05) is 6.92 Å². The van der Waals surface area contributed by atoms with Crippen LogP contribution in [0.3, 0.4) is 0 Å². The van der Waals surface area contributed by atoms with E-state index in [1.807, 2.05) is 4.57 Å². The van der Waals surface area contributed by atoms with Gasteiger partial charge in [0.15, 0.2) is 11.2 Å². The lowest BCUT2D eigenvalue weighted by atomic mass is 10.1. The third-order valence-electron chi connectivity index (χ3n) is 4.45. The predicted octanol–water partition coefficient (Wildman–Crippen LogP) is -0.471. The van der Waals surface area contributed by atoms with Crippen LogP contribution in [0.1, 0.15) is 13.3 Å². The van der Waals surface area contributed by atoms with Crippen LogP contribution in [0.5, 0.6) is 0 Å². The van der Waals surface area contributed by atoms with Crippen molar-refractivity contribution in [1.82, 2.24) is 18.7 Å². The number of imidazole rings is 1. The molecule has 0 radical (unpaired) electrons. The molecule has 134 valence electrons. The van der Waals surface area contributed by atoms with E-state index in [0.29, 0.717) is 23.6 Å². The molecule has 2 heterocycles. The van der Waals surface area contributed by atoms with Gasteiger partial charge in [0, 0.05) is 39.6 Å². The van der Waals surface area contributed by atoms with Crippen LogP contribution in [0.4, 0.5) is 0 Å². The Bertz CT molecular complexity index is 831. The lowest BCUT2D eigenvalue weighted by molar-refractivity contribution is -0.893. The van der Waals surface area contributed by atoms with E-state index in [2.05, 4.69) is 26.0 Å². The van der Waals surface area contributed by atoms with Gasteiger partial charge in [0.2, 0.25) is 0 Å². The average molecular weight is 338 g/mol. The van der Waals surface area contributed by atoms with Crippen LogP contribution in [-0.2, 0) is 20.6 Å². The van der Waals surface area contributed by atoms with Gasteiger partial charge < -0.3 is 14.2 Å². The first kappa shape index (κ1) is 18.4. The van der Waals surface area contributed by atoms with Crippen molar-refractivity contribution in [3.8, 4) is 0 Å². The van der Waals surface area contributed by atoms with Gasteiger partial charge in [-0.3, -0.25) is 13.9 Å². The molecule has 0 aliphatic heterocycles. The molecule has 2 rings (SSSR count). The number of aromatic nitrogens is 4. The fourth-order valence-corrected chi connectivity index (χ4v) is 3.36. The number of nitrogens with zero attached hydrogens (tertiary/aromatic N) is 5. The maximum Gasteiger partial charge on any atom is 0.332 e. The quantitative estimate of drug-likeness (QED) is 0.692. The van der Waals surface area contributed by atoms with Crippen LogP contribution in [0.25, 0.3) is 11.2 Å². The van der Waals surface area contributed by atoms with Crippen molar-refractivity contribution in [3.05, 3.63) is 27.2 Å². The molecule has 0 aliphatic carbocycles. The summed E-state index contributed by atoms with van der Waals surface area (Å²) >= 11 is 0. The average Bonchev–Trinajstić information content (AvgIpc) is 2.92. The van der Waals surface area contributed by atoms with E-state index in [4.69, 9.17) is 5.11 Å². The van der Waals surface area contributed by atoms with E-state index in [-0.39, 0.29) is 17.9 Å². The van der Waals surface area contributed by atoms with Gasteiger partial charge in [0.05, 0.1) is 33.5 Å². The Hall–Kier alpha value is -1.93. The molecule has 1 N–H and O–H groups in total. The third kappa shape index (κ3) is 3.59. The Morgan fingerprint density at radius 1 is 1.25 bits per heavy atom. The van der Waals surface area contributed by atoms with Crippen LogP contribution in [0.2, 0.25) is 0 Å². The summed E-state index contributed by atoms with van der Waals surface area (Å²) < 4.78 is 5.17. The number of fused-ring (bicyclic) bond motifs is 1. The normalized spacial score (nSPS) is 13.6. The summed E-state index contributed by atoms with van der Waals surface area (Å²) in [5.41, 5.74) is 0.205. The number of aryl methyl sites for hydroxylation is 1. The largest absolute Gasteiger partial charge is 0.396 e. The zero-order valence-corrected chi connectivity index (χ0v) is 15.2. The molecule has 2 aromatic heterocycles. The van der Waals surface area contributed by atoms with E-state index in [1.165, 1.54) is 11.6 Å². The lowest BCUT2D eigenvalue weighted by Gasteiger charge is -2.32. The molecule has 0 saturated carbocycles. The molecule has 0 spiro atoms. The maximum atomic E-state index is 12.4. The zero-order valence-electron chi connectivity index (χ0n) is 15.2. The minimum Gasteiger partial charge on any atom is -0.396 e. The highest BCUT2D eigenvalue weighted by Crippen LogP contribution is 2.12. The van der Waals surface area contributed by atoms with Crippen molar-refractivity contribution in [2.24, 2.45) is 20.0 Å². The van der Waals surface area contributed by atoms with Crippen LogP contribution >= 0.6 is 0 Å².